The second-order valence-electron chi connectivity index (χ2n) is 25.3. The predicted octanol–water partition coefficient (Wildman–Crippen LogP) is 19.2. The van der Waals surface area contributed by atoms with Crippen LogP contribution in [0.4, 0.5) is 0 Å². The van der Waals surface area contributed by atoms with Gasteiger partial charge in [-0.2, -0.15) is 0 Å². The van der Waals surface area contributed by atoms with Crippen LogP contribution in [0.2, 0.25) is 0 Å². The molecule has 87 heavy (non-hydrogen) atoms. The van der Waals surface area contributed by atoms with Crippen LogP contribution < -0.4 is 0 Å². The SMILES string of the molecule is CCCCCCCC(=O)OC[C@H](COP(=O)(O)OC[C@H](O)COP(=O)(O)OC[C@@H](COC(=O)CCCCCCCCCCCCCCCCC(C)CC)OC(=O)CCCCCCCCCCCCCCCCCCC(C)C)OC(=O)CCCCCCC. The molecule has 0 aromatic carbocycles. The highest BCUT2D eigenvalue weighted by Gasteiger charge is 2.30. The van der Waals surface area contributed by atoms with E-state index in [-0.39, 0.29) is 25.7 Å². The van der Waals surface area contributed by atoms with Crippen LogP contribution >= 0.6 is 15.6 Å². The summed E-state index contributed by atoms with van der Waals surface area (Å²) in [6.07, 6.45) is 45.3. The first kappa shape index (κ1) is 85.1. The van der Waals surface area contributed by atoms with E-state index in [1.165, 1.54) is 154 Å². The second-order valence-corrected chi connectivity index (χ2v) is 28.2. The summed E-state index contributed by atoms with van der Waals surface area (Å²) in [4.78, 5) is 71.8. The Morgan fingerprint density at radius 2 is 0.586 bits per heavy atom. The van der Waals surface area contributed by atoms with Gasteiger partial charge in [0, 0.05) is 25.7 Å². The maximum atomic E-state index is 13.0. The van der Waals surface area contributed by atoms with Crippen molar-refractivity contribution in [2.75, 3.05) is 39.6 Å². The van der Waals surface area contributed by atoms with Crippen molar-refractivity contribution >= 4 is 39.5 Å². The summed E-state index contributed by atoms with van der Waals surface area (Å²) >= 11 is 0. The minimum absolute atomic E-state index is 0.0988. The first-order valence-electron chi connectivity index (χ1n) is 35.5. The largest absolute Gasteiger partial charge is 0.472 e. The number of phosphoric ester groups is 2. The van der Waals surface area contributed by atoms with E-state index < -0.39 is 97.5 Å². The average molecular weight is 1280 g/mol. The van der Waals surface area contributed by atoms with Gasteiger partial charge in [0.1, 0.15) is 19.3 Å². The Kier molecular flexibility index (Phi) is 59.0. The molecule has 0 fully saturated rings. The normalized spacial score (nSPS) is 14.5. The van der Waals surface area contributed by atoms with Gasteiger partial charge in [0.05, 0.1) is 26.4 Å². The molecule has 0 rings (SSSR count). The van der Waals surface area contributed by atoms with Gasteiger partial charge in [-0.1, -0.05) is 292 Å². The number of ether oxygens (including phenoxy) is 4. The number of carbonyl (C=O) groups is 4. The lowest BCUT2D eigenvalue weighted by Gasteiger charge is -2.21. The summed E-state index contributed by atoms with van der Waals surface area (Å²) in [5.74, 6) is -0.491. The van der Waals surface area contributed by atoms with E-state index in [9.17, 15) is 43.2 Å². The number of carbonyl (C=O) groups excluding carboxylic acids is 4. The molecule has 0 aromatic heterocycles. The summed E-state index contributed by atoms with van der Waals surface area (Å²) in [5.41, 5.74) is 0. The molecule has 0 spiro atoms. The number of rotatable bonds is 67. The molecule has 6 atom stereocenters. The molecule has 0 aliphatic carbocycles. The number of phosphoric acid groups is 2. The Morgan fingerprint density at radius 1 is 0.333 bits per heavy atom. The monoisotopic (exact) mass is 1280 g/mol. The number of hydrogen-bond acceptors (Lipinski definition) is 15. The van der Waals surface area contributed by atoms with Crippen LogP contribution in [-0.4, -0.2) is 96.7 Å². The molecule has 3 N–H and O–H groups in total. The summed E-state index contributed by atoms with van der Waals surface area (Å²) in [7, 11) is -9.87. The maximum absolute atomic E-state index is 13.0. The average Bonchev–Trinajstić information content (AvgIpc) is 3.69. The van der Waals surface area contributed by atoms with Gasteiger partial charge in [0.2, 0.25) is 0 Å². The Bertz CT molecular complexity index is 1700. The molecule has 3 unspecified atom stereocenters. The lowest BCUT2D eigenvalue weighted by molar-refractivity contribution is -0.161. The summed E-state index contributed by atoms with van der Waals surface area (Å²) in [6, 6.07) is 0. The van der Waals surface area contributed by atoms with Crippen molar-refractivity contribution in [2.24, 2.45) is 11.8 Å². The fourth-order valence-corrected chi connectivity index (χ4v) is 11.8. The van der Waals surface area contributed by atoms with Gasteiger partial charge in [0.15, 0.2) is 12.2 Å². The van der Waals surface area contributed by atoms with Crippen molar-refractivity contribution in [3.05, 3.63) is 0 Å². The van der Waals surface area contributed by atoms with E-state index in [0.29, 0.717) is 25.7 Å². The number of aliphatic hydroxyl groups is 1. The predicted molar refractivity (Wildman–Crippen MR) is 349 cm³/mol. The number of aliphatic hydroxyl groups excluding tert-OH is 1. The van der Waals surface area contributed by atoms with Crippen molar-refractivity contribution in [3.8, 4) is 0 Å². The summed E-state index contributed by atoms with van der Waals surface area (Å²) in [6.45, 7) is 9.43. The van der Waals surface area contributed by atoms with Gasteiger partial charge in [-0.05, 0) is 37.5 Å². The molecule has 0 aliphatic heterocycles. The molecule has 0 amide bonds. The molecule has 0 heterocycles. The number of hydrogen-bond donors (Lipinski definition) is 3. The quantitative estimate of drug-likeness (QED) is 0.0222. The van der Waals surface area contributed by atoms with Crippen LogP contribution in [0.25, 0.3) is 0 Å². The third-order valence-corrected chi connectivity index (χ3v) is 18.0. The molecule has 0 aliphatic rings. The van der Waals surface area contributed by atoms with Crippen LogP contribution in [0.15, 0.2) is 0 Å². The summed E-state index contributed by atoms with van der Waals surface area (Å²) in [5, 5.41) is 10.5. The first-order chi connectivity index (χ1) is 41.9. The Hall–Kier alpha value is -1.94. The highest BCUT2D eigenvalue weighted by atomic mass is 31.2. The standard InChI is InChI=1S/C68H132O17P2/c1-7-10-12-36-44-50-65(70)78-56-63(84-67(72)52-46-37-13-11-8-2)58-82-86(74,75)80-54-62(69)55-81-87(76,77)83-59-64(57-79-66(71)51-45-40-34-30-26-22-19-18-21-25-29-33-39-43-49-61(6)9-3)85-68(73)53-47-41-35-31-27-23-17-15-14-16-20-24-28-32-38-42-48-60(4)5/h60-64,69H,7-59H2,1-6H3,(H,74,75)(H,76,77)/t61?,62-,63+,64+/m0/s1. The van der Waals surface area contributed by atoms with Crippen LogP contribution in [0, 0.1) is 11.8 Å². The van der Waals surface area contributed by atoms with Gasteiger partial charge in [0.25, 0.3) is 0 Å². The zero-order valence-corrected chi connectivity index (χ0v) is 58.1. The Morgan fingerprint density at radius 3 is 0.874 bits per heavy atom. The van der Waals surface area contributed by atoms with Crippen molar-refractivity contribution in [3.63, 3.8) is 0 Å². The molecule has 516 valence electrons. The molecular weight excluding hydrogens is 1150 g/mol. The van der Waals surface area contributed by atoms with E-state index in [4.69, 9.17) is 37.0 Å². The van der Waals surface area contributed by atoms with E-state index in [2.05, 4.69) is 41.5 Å². The topological polar surface area (TPSA) is 237 Å². The molecule has 19 heteroatoms. The molecular formula is C68H132O17P2. The third-order valence-electron chi connectivity index (χ3n) is 16.1. The Balaban J connectivity index is 5.06. The minimum Gasteiger partial charge on any atom is -0.462 e. The highest BCUT2D eigenvalue weighted by Crippen LogP contribution is 2.45. The zero-order valence-electron chi connectivity index (χ0n) is 56.3. The molecule has 0 saturated carbocycles. The molecule has 0 saturated heterocycles. The molecule has 0 aromatic rings. The van der Waals surface area contributed by atoms with E-state index >= 15 is 0 Å². The van der Waals surface area contributed by atoms with Crippen LogP contribution in [0.3, 0.4) is 0 Å². The maximum Gasteiger partial charge on any atom is 0.472 e. The summed E-state index contributed by atoms with van der Waals surface area (Å²) < 4.78 is 67.7. The first-order valence-corrected chi connectivity index (χ1v) is 38.5. The van der Waals surface area contributed by atoms with Gasteiger partial charge in [-0.3, -0.25) is 37.3 Å². The Labute approximate surface area is 530 Å². The van der Waals surface area contributed by atoms with E-state index in [1.807, 2.05) is 0 Å². The number of esters is 4. The lowest BCUT2D eigenvalue weighted by Crippen LogP contribution is -2.30. The fourth-order valence-electron chi connectivity index (χ4n) is 10.2. The van der Waals surface area contributed by atoms with E-state index in [0.717, 1.165) is 108 Å². The second kappa shape index (κ2) is 60.3. The third kappa shape index (κ3) is 61.3. The molecule has 0 bridgehead atoms. The van der Waals surface area contributed by atoms with E-state index in [1.54, 1.807) is 0 Å². The van der Waals surface area contributed by atoms with Crippen LogP contribution in [-0.2, 0) is 65.4 Å². The minimum atomic E-state index is -4.95. The van der Waals surface area contributed by atoms with Crippen LogP contribution in [0.5, 0.6) is 0 Å². The van der Waals surface area contributed by atoms with Gasteiger partial charge < -0.3 is 33.8 Å². The molecule has 0 radical (unpaired) electrons. The smallest absolute Gasteiger partial charge is 0.462 e. The van der Waals surface area contributed by atoms with Crippen molar-refractivity contribution in [1.82, 2.24) is 0 Å². The van der Waals surface area contributed by atoms with Gasteiger partial charge in [-0.15, -0.1) is 0 Å². The zero-order chi connectivity index (χ0) is 64.3. The lowest BCUT2D eigenvalue weighted by atomic mass is 9.99. The molecule has 17 nitrogen and oxygen atoms in total. The van der Waals surface area contributed by atoms with Crippen molar-refractivity contribution in [2.45, 2.75) is 362 Å². The van der Waals surface area contributed by atoms with Gasteiger partial charge in [-0.25, -0.2) is 9.13 Å². The van der Waals surface area contributed by atoms with Crippen LogP contribution in [0.1, 0.15) is 343 Å². The van der Waals surface area contributed by atoms with Crippen molar-refractivity contribution < 1.29 is 80.2 Å². The number of unbranched alkanes of at least 4 members (excludes halogenated alkanes) is 36. The van der Waals surface area contributed by atoms with Gasteiger partial charge >= 0.3 is 39.5 Å². The highest BCUT2D eigenvalue weighted by molar-refractivity contribution is 7.47. The van der Waals surface area contributed by atoms with Crippen molar-refractivity contribution in [1.29, 1.82) is 0 Å². The fraction of sp³-hybridized carbons (Fsp3) is 0.941.